The van der Waals surface area contributed by atoms with Gasteiger partial charge in [0.1, 0.15) is 5.75 Å². The van der Waals surface area contributed by atoms with Crippen LogP contribution in [0.25, 0.3) is 6.08 Å². The van der Waals surface area contributed by atoms with Gasteiger partial charge in [0.25, 0.3) is 0 Å². The van der Waals surface area contributed by atoms with E-state index in [1.54, 1.807) is 12.1 Å². The van der Waals surface area contributed by atoms with E-state index in [-0.39, 0.29) is 0 Å². The number of hydrogen-bond acceptors (Lipinski definition) is 3. The molecule has 0 saturated carbocycles. The Morgan fingerprint density at radius 3 is 2.68 bits per heavy atom. The minimum Gasteiger partial charge on any atom is -0.455 e. The first-order chi connectivity index (χ1) is 13.4. The summed E-state index contributed by atoms with van der Waals surface area (Å²) in [7, 11) is 0. The molecule has 146 valence electrons. The van der Waals surface area contributed by atoms with Crippen LogP contribution in [-0.2, 0) is 4.79 Å². The number of nitrogens with one attached hydrogen (secondary N) is 1. The van der Waals surface area contributed by atoms with Crippen LogP contribution in [0.5, 0.6) is 11.5 Å². The van der Waals surface area contributed by atoms with E-state index in [1.165, 1.54) is 0 Å². The van der Waals surface area contributed by atoms with Gasteiger partial charge in [-0.2, -0.15) is 13.2 Å². The fourth-order valence-electron chi connectivity index (χ4n) is 4.06. The molecule has 2 aliphatic rings. The van der Waals surface area contributed by atoms with Crippen LogP contribution in [0.1, 0.15) is 30.0 Å². The molecule has 0 spiro atoms. The lowest BCUT2D eigenvalue weighted by atomic mass is 9.89. The highest BCUT2D eigenvalue weighted by atomic mass is 19.4. The molecule has 0 radical (unpaired) electrons. The van der Waals surface area contributed by atoms with Gasteiger partial charge >= 0.3 is 12.1 Å². The number of piperidine rings is 1. The van der Waals surface area contributed by atoms with Crippen LogP contribution in [0.15, 0.2) is 49.0 Å². The lowest BCUT2D eigenvalue weighted by molar-refractivity contribution is -0.174. The zero-order valence-corrected chi connectivity index (χ0v) is 15.0. The zero-order valence-electron chi connectivity index (χ0n) is 15.0. The van der Waals surface area contributed by atoms with Crippen molar-refractivity contribution in [2.45, 2.75) is 31.1 Å². The van der Waals surface area contributed by atoms with Crippen molar-refractivity contribution in [3.05, 3.63) is 60.2 Å². The van der Waals surface area contributed by atoms with Crippen LogP contribution in [0, 0.1) is 0 Å². The smallest absolute Gasteiger partial charge is 0.455 e. The molecule has 0 bridgehead atoms. The van der Waals surface area contributed by atoms with E-state index in [0.717, 1.165) is 16.8 Å². The minimum absolute atomic E-state index is 0.447. The van der Waals surface area contributed by atoms with Gasteiger partial charge in [-0.05, 0) is 25.0 Å². The highest BCUT2D eigenvalue weighted by molar-refractivity contribution is 5.82. The van der Waals surface area contributed by atoms with Crippen molar-refractivity contribution >= 4 is 17.7 Å². The average molecular weight is 388 g/mol. The molecule has 2 heterocycles. The van der Waals surface area contributed by atoms with Gasteiger partial charge in [-0.3, -0.25) is 4.79 Å². The fourth-order valence-corrected chi connectivity index (χ4v) is 4.06. The van der Waals surface area contributed by atoms with Crippen molar-refractivity contribution in [2.24, 2.45) is 0 Å². The molecule has 2 atom stereocenters. The lowest BCUT2D eigenvalue weighted by Crippen LogP contribution is -2.52. The third-order valence-corrected chi connectivity index (χ3v) is 5.20. The molecular weight excluding hydrogens is 369 g/mol. The molecule has 2 aromatic carbocycles. The first-order valence-electron chi connectivity index (χ1n) is 9.06. The predicted molar refractivity (Wildman–Crippen MR) is 100 cm³/mol. The summed E-state index contributed by atoms with van der Waals surface area (Å²) in [4.78, 5) is 13.7. The van der Waals surface area contributed by atoms with Gasteiger partial charge < -0.3 is 15.0 Å². The normalized spacial score (nSPS) is 20.8. The first-order valence-corrected chi connectivity index (χ1v) is 9.06. The Hall–Kier alpha value is -2.96. The largest absolute Gasteiger partial charge is 0.471 e. The second-order valence-electron chi connectivity index (χ2n) is 6.90. The number of halogens is 3. The molecule has 4 rings (SSSR count). The molecule has 28 heavy (non-hydrogen) atoms. The summed E-state index contributed by atoms with van der Waals surface area (Å²) in [6.07, 6.45) is -2.13. The molecule has 2 aromatic rings. The number of benzene rings is 2. The average Bonchev–Trinajstić information content (AvgIpc) is 2.82. The molecule has 1 fully saturated rings. The van der Waals surface area contributed by atoms with Gasteiger partial charge in [-0.1, -0.05) is 43.0 Å². The molecule has 1 N–H and O–H groups in total. The number of carbonyl (C=O) groups excluding carboxylic acids is 1. The van der Waals surface area contributed by atoms with Crippen molar-refractivity contribution < 1.29 is 22.7 Å². The van der Waals surface area contributed by atoms with Crippen molar-refractivity contribution in [1.82, 2.24) is 5.32 Å². The molecule has 4 nitrogen and oxygen atoms in total. The highest BCUT2D eigenvalue weighted by Crippen LogP contribution is 2.49. The number of anilines is 1. The fraction of sp³-hybridized carbons (Fsp3) is 0.286. The van der Waals surface area contributed by atoms with Crippen molar-refractivity contribution in [1.29, 1.82) is 0 Å². The van der Waals surface area contributed by atoms with E-state index in [0.29, 0.717) is 30.9 Å². The maximum absolute atomic E-state index is 12.9. The quantitative estimate of drug-likeness (QED) is 0.802. The number of amides is 1. The zero-order chi connectivity index (χ0) is 19.9. The summed E-state index contributed by atoms with van der Waals surface area (Å²) in [6, 6.07) is 11.7. The third kappa shape index (κ3) is 3.10. The number of fused-ring (bicyclic) bond motifs is 5. The summed E-state index contributed by atoms with van der Waals surface area (Å²) in [6.45, 7) is 4.49. The van der Waals surface area contributed by atoms with Crippen LogP contribution in [0.3, 0.4) is 0 Å². The molecule has 0 aliphatic carbocycles. The number of hydrogen-bond donors (Lipinski definition) is 1. The maximum Gasteiger partial charge on any atom is 0.471 e. The highest BCUT2D eigenvalue weighted by Gasteiger charge is 2.44. The second-order valence-corrected chi connectivity index (χ2v) is 6.90. The molecule has 1 saturated heterocycles. The minimum atomic E-state index is -4.92. The van der Waals surface area contributed by atoms with Crippen LogP contribution in [0.4, 0.5) is 18.9 Å². The summed E-state index contributed by atoms with van der Waals surface area (Å²) >= 11 is 0. The van der Waals surface area contributed by atoms with Crippen LogP contribution < -0.4 is 15.0 Å². The van der Waals surface area contributed by atoms with E-state index < -0.39 is 24.2 Å². The molecule has 0 aromatic heterocycles. The van der Waals surface area contributed by atoms with E-state index in [9.17, 15) is 18.0 Å². The summed E-state index contributed by atoms with van der Waals surface area (Å²) in [5.74, 6) is -0.722. The van der Waals surface area contributed by atoms with E-state index in [1.807, 2.05) is 41.3 Å². The van der Waals surface area contributed by atoms with Gasteiger partial charge in [0.2, 0.25) is 0 Å². The third-order valence-electron chi connectivity index (χ3n) is 5.20. The van der Waals surface area contributed by atoms with Gasteiger partial charge in [-0.25, -0.2) is 0 Å². The Morgan fingerprint density at radius 2 is 1.93 bits per heavy atom. The van der Waals surface area contributed by atoms with Crippen LogP contribution >= 0.6 is 0 Å². The lowest BCUT2D eigenvalue weighted by Gasteiger charge is -2.43. The molecule has 2 aliphatic heterocycles. The number of rotatable bonds is 2. The Labute approximate surface area is 160 Å². The SMILES string of the molecule is C=Cc1cccc2c1N1CCC[C@@H](NC(=O)C(F)(F)F)[C@@H]1c1ccccc1O2. The van der Waals surface area contributed by atoms with Crippen molar-refractivity contribution in [3.63, 3.8) is 0 Å². The van der Waals surface area contributed by atoms with E-state index >= 15 is 0 Å². The standard InChI is InChI=1S/C21H19F3N2O2/c1-2-13-7-5-11-17-18(13)26-12-6-9-15(25-20(27)21(22,23)24)19(26)14-8-3-4-10-16(14)28-17/h2-5,7-8,10-11,15,19H,1,6,9,12H2,(H,25,27)/t15-,19+/m1/s1. The number of alkyl halides is 3. The molecule has 0 unspecified atom stereocenters. The number of nitrogens with zero attached hydrogens (tertiary/aromatic N) is 1. The van der Waals surface area contributed by atoms with Crippen LogP contribution in [0.2, 0.25) is 0 Å². The second kappa shape index (κ2) is 6.89. The topological polar surface area (TPSA) is 41.6 Å². The number of carbonyl (C=O) groups is 1. The van der Waals surface area contributed by atoms with Gasteiger partial charge in [0, 0.05) is 17.7 Å². The van der Waals surface area contributed by atoms with Gasteiger partial charge in [-0.15, -0.1) is 0 Å². The number of ether oxygens (including phenoxy) is 1. The molecule has 7 heteroatoms. The summed E-state index contributed by atoms with van der Waals surface area (Å²) in [5.41, 5.74) is 2.36. The maximum atomic E-state index is 12.9. The van der Waals surface area contributed by atoms with E-state index in [2.05, 4.69) is 11.9 Å². The first kappa shape index (κ1) is 18.4. The Balaban J connectivity index is 1.85. The van der Waals surface area contributed by atoms with Gasteiger partial charge in [0.15, 0.2) is 5.75 Å². The summed E-state index contributed by atoms with van der Waals surface area (Å²) in [5, 5.41) is 2.21. The Morgan fingerprint density at radius 1 is 1.18 bits per heavy atom. The summed E-state index contributed by atoms with van der Waals surface area (Å²) < 4.78 is 44.8. The monoisotopic (exact) mass is 388 g/mol. The Bertz CT molecular complexity index is 926. The number of para-hydroxylation sites is 2. The Kier molecular flexibility index (Phi) is 4.53. The van der Waals surface area contributed by atoms with Crippen molar-refractivity contribution in [2.75, 3.05) is 11.4 Å². The van der Waals surface area contributed by atoms with Crippen molar-refractivity contribution in [3.8, 4) is 11.5 Å². The van der Waals surface area contributed by atoms with E-state index in [4.69, 9.17) is 4.74 Å². The molecular formula is C21H19F3N2O2. The predicted octanol–water partition coefficient (Wildman–Crippen LogP) is 4.82. The molecule has 1 amide bonds. The van der Waals surface area contributed by atoms with Gasteiger partial charge in [0.05, 0.1) is 17.8 Å². The van der Waals surface area contributed by atoms with Crippen LogP contribution in [-0.4, -0.2) is 24.7 Å².